The number of pyridine rings is 1. The Balaban J connectivity index is 1.32. The Morgan fingerprint density at radius 3 is 2.69 bits per heavy atom. The van der Waals surface area contributed by atoms with E-state index in [0.29, 0.717) is 34.7 Å². The molecular weight excluding hydrogens is 424 g/mol. The lowest BCUT2D eigenvalue weighted by atomic mass is 10.2. The van der Waals surface area contributed by atoms with E-state index in [2.05, 4.69) is 15.3 Å². The fourth-order valence-electron chi connectivity index (χ4n) is 3.28. The van der Waals surface area contributed by atoms with Gasteiger partial charge in [-0.2, -0.15) is 0 Å². The highest BCUT2D eigenvalue weighted by atomic mass is 32.1. The summed E-state index contributed by atoms with van der Waals surface area (Å²) in [5, 5.41) is 3.41. The number of aromatic amines is 1. The van der Waals surface area contributed by atoms with Gasteiger partial charge in [-0.3, -0.25) is 14.2 Å². The molecule has 0 fully saturated rings. The fraction of sp³-hybridized carbons (Fsp3) is 0.167. The second kappa shape index (κ2) is 10.0. The summed E-state index contributed by atoms with van der Waals surface area (Å²) >= 11 is 5.29. The summed E-state index contributed by atoms with van der Waals surface area (Å²) < 4.78 is 7.45. The van der Waals surface area contributed by atoms with E-state index in [-0.39, 0.29) is 24.4 Å². The molecule has 8 heteroatoms. The van der Waals surface area contributed by atoms with Crippen molar-refractivity contribution in [2.45, 2.75) is 26.1 Å². The first-order valence-corrected chi connectivity index (χ1v) is 10.6. The zero-order chi connectivity index (χ0) is 22.3. The minimum atomic E-state index is -0.202. The summed E-state index contributed by atoms with van der Waals surface area (Å²) in [6, 6.07) is 20.6. The maximum absolute atomic E-state index is 12.7. The van der Waals surface area contributed by atoms with E-state index in [1.807, 2.05) is 42.5 Å². The largest absolute Gasteiger partial charge is 0.473 e. The number of nitrogens with zero attached hydrogens (tertiary/aromatic N) is 2. The summed E-state index contributed by atoms with van der Waals surface area (Å²) in [7, 11) is 0. The SMILES string of the molecule is O=C(CCn1c(=S)[nH]c2ccccc2c1=O)NCc1ccnc(OCc2ccccc2)c1. The van der Waals surface area contributed by atoms with E-state index >= 15 is 0 Å². The Kier molecular flexibility index (Phi) is 6.72. The minimum Gasteiger partial charge on any atom is -0.473 e. The van der Waals surface area contributed by atoms with Crippen LogP contribution < -0.4 is 15.6 Å². The number of aromatic nitrogens is 3. The van der Waals surface area contributed by atoms with Crippen LogP contribution in [0, 0.1) is 4.77 Å². The summed E-state index contributed by atoms with van der Waals surface area (Å²) in [6.07, 6.45) is 1.79. The molecule has 0 aliphatic heterocycles. The molecule has 2 N–H and O–H groups in total. The molecule has 0 aliphatic rings. The van der Waals surface area contributed by atoms with Crippen LogP contribution in [0.5, 0.6) is 5.88 Å². The van der Waals surface area contributed by atoms with Crippen LogP contribution in [-0.2, 0) is 24.5 Å². The van der Waals surface area contributed by atoms with Crippen LogP contribution in [0.3, 0.4) is 0 Å². The lowest BCUT2D eigenvalue weighted by molar-refractivity contribution is -0.121. The Morgan fingerprint density at radius 1 is 1.06 bits per heavy atom. The number of rotatable bonds is 8. The van der Waals surface area contributed by atoms with Crippen LogP contribution in [-0.4, -0.2) is 20.4 Å². The Morgan fingerprint density at radius 2 is 1.84 bits per heavy atom. The molecule has 0 atom stereocenters. The van der Waals surface area contributed by atoms with Gasteiger partial charge >= 0.3 is 0 Å². The minimum absolute atomic E-state index is 0.137. The van der Waals surface area contributed by atoms with Crippen LogP contribution in [0.25, 0.3) is 10.9 Å². The third-order valence-electron chi connectivity index (χ3n) is 4.97. The van der Waals surface area contributed by atoms with Crippen molar-refractivity contribution in [2.24, 2.45) is 0 Å². The second-order valence-corrected chi connectivity index (χ2v) is 7.62. The van der Waals surface area contributed by atoms with Gasteiger partial charge < -0.3 is 15.0 Å². The average Bonchev–Trinajstić information content (AvgIpc) is 2.82. The number of para-hydroxylation sites is 1. The van der Waals surface area contributed by atoms with Crippen molar-refractivity contribution in [2.75, 3.05) is 0 Å². The van der Waals surface area contributed by atoms with E-state index in [9.17, 15) is 9.59 Å². The van der Waals surface area contributed by atoms with Crippen LogP contribution >= 0.6 is 12.2 Å². The lowest BCUT2D eigenvalue weighted by Gasteiger charge is -2.10. The fourth-order valence-corrected chi connectivity index (χ4v) is 3.56. The zero-order valence-electron chi connectivity index (χ0n) is 17.3. The highest BCUT2D eigenvalue weighted by Crippen LogP contribution is 2.12. The summed E-state index contributed by atoms with van der Waals surface area (Å²) in [4.78, 5) is 32.3. The molecule has 0 saturated carbocycles. The predicted molar refractivity (Wildman–Crippen MR) is 125 cm³/mol. The van der Waals surface area contributed by atoms with Crippen LogP contribution in [0.4, 0.5) is 0 Å². The number of carbonyl (C=O) groups is 1. The van der Waals surface area contributed by atoms with Gasteiger partial charge in [0.1, 0.15) is 6.61 Å². The number of amides is 1. The van der Waals surface area contributed by atoms with Crippen LogP contribution in [0.2, 0.25) is 0 Å². The van der Waals surface area contributed by atoms with E-state index in [1.165, 1.54) is 4.57 Å². The van der Waals surface area contributed by atoms with Gasteiger partial charge in [-0.05, 0) is 41.5 Å². The number of H-pyrrole nitrogens is 1. The van der Waals surface area contributed by atoms with Crippen molar-refractivity contribution in [3.63, 3.8) is 0 Å². The molecule has 0 saturated heterocycles. The van der Waals surface area contributed by atoms with E-state index in [1.54, 1.807) is 30.5 Å². The standard InChI is InChI=1S/C24H22N4O3S/c29-21(11-13-28-23(30)19-8-4-5-9-20(19)27-24(28)32)26-15-18-10-12-25-22(14-18)31-16-17-6-2-1-3-7-17/h1-10,12,14H,11,13,15-16H2,(H,26,29)(H,27,32). The van der Waals surface area contributed by atoms with Crippen molar-refractivity contribution in [3.8, 4) is 5.88 Å². The molecule has 0 aliphatic carbocycles. The Bertz CT molecular complexity index is 1350. The first-order valence-electron chi connectivity index (χ1n) is 10.2. The third kappa shape index (κ3) is 5.28. The quantitative estimate of drug-likeness (QED) is 0.403. The summed E-state index contributed by atoms with van der Waals surface area (Å²) in [5.74, 6) is 0.317. The highest BCUT2D eigenvalue weighted by molar-refractivity contribution is 7.71. The molecule has 2 heterocycles. The Labute approximate surface area is 189 Å². The second-order valence-electron chi connectivity index (χ2n) is 7.24. The van der Waals surface area contributed by atoms with E-state index < -0.39 is 0 Å². The van der Waals surface area contributed by atoms with Crippen molar-refractivity contribution in [1.82, 2.24) is 19.9 Å². The number of benzene rings is 2. The third-order valence-corrected chi connectivity index (χ3v) is 5.29. The first-order chi connectivity index (χ1) is 15.6. The molecule has 0 bridgehead atoms. The van der Waals surface area contributed by atoms with Gasteiger partial charge in [0.25, 0.3) is 5.56 Å². The van der Waals surface area contributed by atoms with Gasteiger partial charge in [-0.25, -0.2) is 4.98 Å². The number of ether oxygens (including phenoxy) is 1. The Hall–Kier alpha value is -3.78. The van der Waals surface area contributed by atoms with E-state index in [0.717, 1.165) is 11.1 Å². The van der Waals surface area contributed by atoms with Crippen LogP contribution in [0.15, 0.2) is 77.7 Å². The van der Waals surface area contributed by atoms with Gasteiger partial charge in [0.2, 0.25) is 11.8 Å². The van der Waals surface area contributed by atoms with E-state index in [4.69, 9.17) is 17.0 Å². The van der Waals surface area contributed by atoms with Crippen molar-refractivity contribution in [1.29, 1.82) is 0 Å². The maximum Gasteiger partial charge on any atom is 0.262 e. The normalized spacial score (nSPS) is 10.8. The summed E-state index contributed by atoms with van der Waals surface area (Å²) in [5.41, 5.74) is 2.41. The van der Waals surface area contributed by atoms with Gasteiger partial charge in [0.05, 0.1) is 10.9 Å². The zero-order valence-corrected chi connectivity index (χ0v) is 18.1. The first kappa shape index (κ1) is 21.5. The molecule has 4 rings (SSSR count). The molecular formula is C24H22N4O3S. The molecule has 0 spiro atoms. The number of fused-ring (bicyclic) bond motifs is 1. The molecule has 32 heavy (non-hydrogen) atoms. The van der Waals surface area contributed by atoms with Gasteiger partial charge in [-0.15, -0.1) is 0 Å². The predicted octanol–water partition coefficient (Wildman–Crippen LogP) is 3.74. The van der Waals surface area contributed by atoms with Crippen LogP contribution in [0.1, 0.15) is 17.5 Å². The topological polar surface area (TPSA) is 89.0 Å². The van der Waals surface area contributed by atoms with Crippen molar-refractivity contribution in [3.05, 3.63) is 99.2 Å². The molecule has 162 valence electrons. The maximum atomic E-state index is 12.7. The van der Waals surface area contributed by atoms with Gasteiger partial charge in [0.15, 0.2) is 4.77 Å². The number of hydrogen-bond acceptors (Lipinski definition) is 5. The molecule has 1 amide bonds. The molecule has 0 unspecified atom stereocenters. The molecule has 4 aromatic rings. The average molecular weight is 447 g/mol. The number of nitrogens with one attached hydrogen (secondary N) is 2. The highest BCUT2D eigenvalue weighted by Gasteiger charge is 2.08. The molecule has 2 aromatic carbocycles. The molecule has 2 aromatic heterocycles. The monoisotopic (exact) mass is 446 g/mol. The smallest absolute Gasteiger partial charge is 0.262 e. The van der Waals surface area contributed by atoms with Gasteiger partial charge in [0, 0.05) is 31.8 Å². The van der Waals surface area contributed by atoms with Crippen molar-refractivity contribution >= 4 is 29.0 Å². The van der Waals surface area contributed by atoms with Crippen molar-refractivity contribution < 1.29 is 9.53 Å². The number of hydrogen-bond donors (Lipinski definition) is 2. The lowest BCUT2D eigenvalue weighted by Crippen LogP contribution is -2.28. The van der Waals surface area contributed by atoms with Gasteiger partial charge in [-0.1, -0.05) is 42.5 Å². The molecule has 7 nitrogen and oxygen atoms in total. The summed E-state index contributed by atoms with van der Waals surface area (Å²) in [6.45, 7) is 0.958. The number of carbonyl (C=O) groups excluding carboxylic acids is 1. The molecule has 0 radical (unpaired) electrons.